The van der Waals surface area contributed by atoms with E-state index >= 15 is 0 Å². The largest absolute Gasteiger partial charge is 0.228 e. The quantitative estimate of drug-likeness (QED) is 0.181. The molecular formula is C51H36N2. The summed E-state index contributed by atoms with van der Waals surface area (Å²) in [6.07, 6.45) is 0. The van der Waals surface area contributed by atoms with Crippen LogP contribution in [-0.4, -0.2) is 9.97 Å². The average molecular weight is 677 g/mol. The molecule has 8 aromatic carbocycles. The highest BCUT2D eigenvalue weighted by Gasteiger charge is 2.35. The highest BCUT2D eigenvalue weighted by atomic mass is 14.9. The Hall–Kier alpha value is -6.64. The van der Waals surface area contributed by atoms with Crippen molar-refractivity contribution >= 4 is 21.5 Å². The van der Waals surface area contributed by atoms with Gasteiger partial charge in [-0.05, 0) is 90.3 Å². The summed E-state index contributed by atoms with van der Waals surface area (Å²) >= 11 is 0. The van der Waals surface area contributed by atoms with Crippen molar-refractivity contribution in [3.05, 3.63) is 193 Å². The monoisotopic (exact) mass is 676 g/mol. The second-order valence-corrected chi connectivity index (χ2v) is 14.6. The van der Waals surface area contributed by atoms with Gasteiger partial charge in [-0.2, -0.15) is 0 Å². The number of nitrogens with zero attached hydrogens (tertiary/aromatic N) is 2. The lowest BCUT2D eigenvalue weighted by atomic mass is 9.82. The van der Waals surface area contributed by atoms with E-state index in [-0.39, 0.29) is 5.41 Å². The standard InChI is InChI=1S/C51H36N2/c1-51(2)46-22-11-10-21-43(46)45-31-37(25-28-47(45)51)36-17-12-18-38(29-36)40-26-27-44(42-20-9-8-19-41(40)42)49-32-48(52-50(53-49)34-14-4-3-5-15-34)39-24-23-33-13-6-7-16-35(33)30-39/h3-32H,1-2H3. The first kappa shape index (κ1) is 31.1. The van der Waals surface area contributed by atoms with Crippen molar-refractivity contribution in [2.45, 2.75) is 19.3 Å². The van der Waals surface area contributed by atoms with Crippen LogP contribution in [-0.2, 0) is 5.41 Å². The molecular weight excluding hydrogens is 641 g/mol. The maximum atomic E-state index is 5.21. The van der Waals surface area contributed by atoms with Gasteiger partial charge in [0.2, 0.25) is 0 Å². The minimum absolute atomic E-state index is 0.00522. The molecule has 2 heteroatoms. The lowest BCUT2D eigenvalue weighted by molar-refractivity contribution is 0.660. The molecule has 0 N–H and O–H groups in total. The second kappa shape index (κ2) is 12.3. The van der Waals surface area contributed by atoms with E-state index in [1.165, 1.54) is 60.7 Å². The molecule has 0 amide bonds. The van der Waals surface area contributed by atoms with E-state index in [0.29, 0.717) is 5.82 Å². The smallest absolute Gasteiger partial charge is 0.160 e. The maximum Gasteiger partial charge on any atom is 0.160 e. The summed E-state index contributed by atoms with van der Waals surface area (Å²) < 4.78 is 0. The van der Waals surface area contributed by atoms with Crippen molar-refractivity contribution in [1.82, 2.24) is 9.97 Å². The van der Waals surface area contributed by atoms with E-state index < -0.39 is 0 Å². The van der Waals surface area contributed by atoms with E-state index in [9.17, 15) is 0 Å². The summed E-state index contributed by atoms with van der Waals surface area (Å²) in [6, 6.07) is 65.5. The van der Waals surface area contributed by atoms with Crippen LogP contribution >= 0.6 is 0 Å². The lowest BCUT2D eigenvalue weighted by Crippen LogP contribution is -2.14. The molecule has 2 nitrogen and oxygen atoms in total. The number of fused-ring (bicyclic) bond motifs is 5. The number of rotatable bonds is 5. The molecule has 53 heavy (non-hydrogen) atoms. The molecule has 0 radical (unpaired) electrons. The van der Waals surface area contributed by atoms with Gasteiger partial charge in [0, 0.05) is 22.1 Å². The van der Waals surface area contributed by atoms with Gasteiger partial charge in [0.1, 0.15) is 0 Å². The van der Waals surface area contributed by atoms with Crippen LogP contribution in [0, 0.1) is 0 Å². The predicted octanol–water partition coefficient (Wildman–Crippen LogP) is 13.4. The van der Waals surface area contributed by atoms with Crippen molar-refractivity contribution in [2.75, 3.05) is 0 Å². The minimum atomic E-state index is -0.00522. The van der Waals surface area contributed by atoms with Crippen LogP contribution in [0.15, 0.2) is 182 Å². The fourth-order valence-corrected chi connectivity index (χ4v) is 8.34. The van der Waals surface area contributed by atoms with Gasteiger partial charge in [-0.15, -0.1) is 0 Å². The van der Waals surface area contributed by atoms with Crippen LogP contribution in [0.2, 0.25) is 0 Å². The first-order valence-electron chi connectivity index (χ1n) is 18.3. The summed E-state index contributed by atoms with van der Waals surface area (Å²) in [5.41, 5.74) is 15.3. The molecule has 0 saturated heterocycles. The lowest BCUT2D eigenvalue weighted by Gasteiger charge is -2.21. The van der Waals surface area contributed by atoms with Crippen LogP contribution < -0.4 is 0 Å². The SMILES string of the molecule is CC1(C)c2ccccc2-c2cc(-c3cccc(-c4ccc(-c5cc(-c6ccc7ccccc7c6)nc(-c6ccccc6)n5)c5ccccc45)c3)ccc21. The molecule has 1 aliphatic carbocycles. The van der Waals surface area contributed by atoms with E-state index in [1.807, 2.05) is 18.2 Å². The molecule has 1 aliphatic rings. The van der Waals surface area contributed by atoms with Crippen LogP contribution in [0.3, 0.4) is 0 Å². The van der Waals surface area contributed by atoms with Crippen molar-refractivity contribution in [3.8, 4) is 67.3 Å². The molecule has 0 atom stereocenters. The summed E-state index contributed by atoms with van der Waals surface area (Å²) in [6.45, 7) is 4.67. The molecule has 0 fully saturated rings. The maximum absolute atomic E-state index is 5.21. The van der Waals surface area contributed by atoms with Gasteiger partial charge < -0.3 is 0 Å². The van der Waals surface area contributed by atoms with Crippen LogP contribution in [0.1, 0.15) is 25.0 Å². The van der Waals surface area contributed by atoms with E-state index in [4.69, 9.17) is 9.97 Å². The molecule has 0 saturated carbocycles. The van der Waals surface area contributed by atoms with Gasteiger partial charge in [0.15, 0.2) is 5.82 Å². The summed E-state index contributed by atoms with van der Waals surface area (Å²) in [5, 5.41) is 4.76. The van der Waals surface area contributed by atoms with E-state index in [2.05, 4.69) is 178 Å². The molecule has 250 valence electrons. The molecule has 1 heterocycles. The molecule has 1 aromatic heterocycles. The van der Waals surface area contributed by atoms with E-state index in [0.717, 1.165) is 33.5 Å². The molecule has 9 aromatic rings. The Morgan fingerprint density at radius 2 is 0.962 bits per heavy atom. The molecule has 0 spiro atoms. The summed E-state index contributed by atoms with van der Waals surface area (Å²) in [5.74, 6) is 0.715. The first-order chi connectivity index (χ1) is 26.0. The average Bonchev–Trinajstić information content (AvgIpc) is 3.45. The Kier molecular flexibility index (Phi) is 7.19. The first-order valence-corrected chi connectivity index (χ1v) is 18.3. The van der Waals surface area contributed by atoms with E-state index in [1.54, 1.807) is 0 Å². The molecule has 0 bridgehead atoms. The normalized spacial score (nSPS) is 12.9. The Balaban J connectivity index is 1.09. The van der Waals surface area contributed by atoms with Gasteiger partial charge in [0.25, 0.3) is 0 Å². The van der Waals surface area contributed by atoms with Gasteiger partial charge in [-0.1, -0.05) is 172 Å². The summed E-state index contributed by atoms with van der Waals surface area (Å²) in [7, 11) is 0. The molecule has 0 unspecified atom stereocenters. The van der Waals surface area contributed by atoms with Crippen LogP contribution in [0.5, 0.6) is 0 Å². The van der Waals surface area contributed by atoms with Crippen LogP contribution in [0.4, 0.5) is 0 Å². The van der Waals surface area contributed by atoms with Crippen LogP contribution in [0.25, 0.3) is 88.8 Å². The second-order valence-electron chi connectivity index (χ2n) is 14.6. The van der Waals surface area contributed by atoms with Gasteiger partial charge >= 0.3 is 0 Å². The highest BCUT2D eigenvalue weighted by molar-refractivity contribution is 6.05. The minimum Gasteiger partial charge on any atom is -0.228 e. The zero-order valence-corrected chi connectivity index (χ0v) is 29.7. The van der Waals surface area contributed by atoms with Crippen molar-refractivity contribution in [1.29, 1.82) is 0 Å². The number of aromatic nitrogens is 2. The van der Waals surface area contributed by atoms with Crippen molar-refractivity contribution < 1.29 is 0 Å². The Morgan fingerprint density at radius 3 is 1.83 bits per heavy atom. The Morgan fingerprint density at radius 1 is 0.340 bits per heavy atom. The zero-order valence-electron chi connectivity index (χ0n) is 29.7. The van der Waals surface area contributed by atoms with Crippen molar-refractivity contribution in [3.63, 3.8) is 0 Å². The number of hydrogen-bond acceptors (Lipinski definition) is 2. The Bertz CT molecular complexity index is 2870. The fourth-order valence-electron chi connectivity index (χ4n) is 8.34. The van der Waals surface area contributed by atoms with Crippen molar-refractivity contribution in [2.24, 2.45) is 0 Å². The zero-order chi connectivity index (χ0) is 35.5. The topological polar surface area (TPSA) is 25.8 Å². The third-order valence-electron chi connectivity index (χ3n) is 11.1. The summed E-state index contributed by atoms with van der Waals surface area (Å²) in [4.78, 5) is 10.3. The number of hydrogen-bond donors (Lipinski definition) is 0. The van der Waals surface area contributed by atoms with Gasteiger partial charge in [0.05, 0.1) is 11.4 Å². The predicted molar refractivity (Wildman–Crippen MR) is 222 cm³/mol. The highest BCUT2D eigenvalue weighted by Crippen LogP contribution is 2.49. The van der Waals surface area contributed by atoms with Gasteiger partial charge in [-0.25, -0.2) is 9.97 Å². The number of benzene rings is 8. The fraction of sp³-hybridized carbons (Fsp3) is 0.0588. The Labute approximate surface area is 310 Å². The molecule has 10 rings (SSSR count). The molecule has 0 aliphatic heterocycles. The third-order valence-corrected chi connectivity index (χ3v) is 11.1. The third kappa shape index (κ3) is 5.26. The van der Waals surface area contributed by atoms with Gasteiger partial charge in [-0.3, -0.25) is 0 Å².